The van der Waals surface area contributed by atoms with Crippen molar-refractivity contribution in [2.24, 2.45) is 0 Å². The first-order valence-electron chi connectivity index (χ1n) is 7.51. The Bertz CT molecular complexity index is 532. The normalized spacial score (nSPS) is 12.0. The van der Waals surface area contributed by atoms with Gasteiger partial charge in [0.25, 0.3) is 0 Å². The van der Waals surface area contributed by atoms with Gasteiger partial charge in [0, 0.05) is 31.4 Å². The lowest BCUT2D eigenvalue weighted by atomic mass is 10.1. The third kappa shape index (κ3) is 4.41. The first-order chi connectivity index (χ1) is 10.2. The van der Waals surface area contributed by atoms with E-state index < -0.39 is 0 Å². The van der Waals surface area contributed by atoms with E-state index in [4.69, 9.17) is 0 Å². The van der Waals surface area contributed by atoms with Crippen molar-refractivity contribution in [1.82, 2.24) is 15.0 Å². The maximum Gasteiger partial charge on any atom is 0.133 e. The fourth-order valence-electron chi connectivity index (χ4n) is 2.12. The number of aromatic nitrogens is 3. The van der Waals surface area contributed by atoms with Gasteiger partial charge in [-0.2, -0.15) is 0 Å². The van der Waals surface area contributed by atoms with E-state index in [2.05, 4.69) is 52.4 Å². The van der Waals surface area contributed by atoms with E-state index >= 15 is 0 Å². The van der Waals surface area contributed by atoms with Crippen molar-refractivity contribution in [2.75, 3.05) is 17.2 Å². The summed E-state index contributed by atoms with van der Waals surface area (Å²) < 4.78 is 0. The van der Waals surface area contributed by atoms with Crippen molar-refractivity contribution < 1.29 is 0 Å². The van der Waals surface area contributed by atoms with Crippen LogP contribution in [0.25, 0.3) is 0 Å². The first kappa shape index (κ1) is 15.2. The molecule has 0 aliphatic carbocycles. The highest BCUT2D eigenvalue weighted by Crippen LogP contribution is 2.19. The summed E-state index contributed by atoms with van der Waals surface area (Å²) >= 11 is 0. The zero-order valence-electron chi connectivity index (χ0n) is 12.9. The lowest BCUT2D eigenvalue weighted by molar-refractivity contribution is 0.817. The largest absolute Gasteiger partial charge is 0.370 e. The van der Waals surface area contributed by atoms with Crippen molar-refractivity contribution in [3.8, 4) is 0 Å². The number of nitrogens with one attached hydrogen (secondary N) is 2. The molecule has 0 aromatic carbocycles. The molecule has 0 saturated carbocycles. The van der Waals surface area contributed by atoms with Crippen LogP contribution < -0.4 is 10.6 Å². The highest BCUT2D eigenvalue weighted by molar-refractivity contribution is 5.48. The smallest absolute Gasteiger partial charge is 0.133 e. The van der Waals surface area contributed by atoms with Crippen LogP contribution in [0.3, 0.4) is 0 Å². The molecule has 2 aromatic heterocycles. The van der Waals surface area contributed by atoms with Gasteiger partial charge in [0.05, 0.1) is 6.04 Å². The molecule has 2 N–H and O–H groups in total. The molecule has 5 heteroatoms. The lowest BCUT2D eigenvalue weighted by Crippen LogP contribution is -2.11. The summed E-state index contributed by atoms with van der Waals surface area (Å²) in [6.45, 7) is 7.15. The number of hydrogen-bond acceptors (Lipinski definition) is 5. The van der Waals surface area contributed by atoms with E-state index in [-0.39, 0.29) is 6.04 Å². The van der Waals surface area contributed by atoms with Gasteiger partial charge in [-0.3, -0.25) is 4.98 Å². The Hall–Kier alpha value is -2.17. The molecule has 0 radical (unpaired) electrons. The Morgan fingerprint density at radius 3 is 2.67 bits per heavy atom. The van der Waals surface area contributed by atoms with Gasteiger partial charge >= 0.3 is 0 Å². The van der Waals surface area contributed by atoms with Gasteiger partial charge in [-0.25, -0.2) is 9.97 Å². The monoisotopic (exact) mass is 285 g/mol. The molecule has 1 unspecified atom stereocenters. The summed E-state index contributed by atoms with van der Waals surface area (Å²) in [6.07, 6.45) is 5.57. The Morgan fingerprint density at radius 2 is 2.00 bits per heavy atom. The van der Waals surface area contributed by atoms with Crippen molar-refractivity contribution in [3.63, 3.8) is 0 Å². The minimum Gasteiger partial charge on any atom is -0.370 e. The van der Waals surface area contributed by atoms with Crippen molar-refractivity contribution in [1.29, 1.82) is 0 Å². The predicted octanol–water partition coefficient (Wildman–Crippen LogP) is 3.43. The van der Waals surface area contributed by atoms with Gasteiger partial charge in [0.15, 0.2) is 0 Å². The number of anilines is 2. The Balaban J connectivity index is 2.18. The summed E-state index contributed by atoms with van der Waals surface area (Å²) in [5.41, 5.74) is 1.14. The number of pyridine rings is 1. The fraction of sp³-hybridized carbons (Fsp3) is 0.438. The van der Waals surface area contributed by atoms with E-state index in [1.54, 1.807) is 6.20 Å². The van der Waals surface area contributed by atoms with E-state index in [9.17, 15) is 0 Å². The standard InChI is InChI=1S/C16H23N5/c1-4-7-14-20-15(18-5-2)10-16(21-14)19-12(3)13-8-6-9-17-11-13/h6,8-12H,4-5,7H2,1-3H3,(H2,18,19,20,21). The molecule has 2 heterocycles. The second kappa shape index (κ2) is 7.57. The molecule has 5 nitrogen and oxygen atoms in total. The van der Waals surface area contributed by atoms with Crippen molar-refractivity contribution >= 4 is 11.6 Å². The van der Waals surface area contributed by atoms with E-state index in [0.717, 1.165) is 42.4 Å². The van der Waals surface area contributed by atoms with Gasteiger partial charge in [-0.1, -0.05) is 13.0 Å². The van der Waals surface area contributed by atoms with Crippen molar-refractivity contribution in [2.45, 2.75) is 39.7 Å². The second-order valence-corrected chi connectivity index (χ2v) is 4.99. The van der Waals surface area contributed by atoms with Gasteiger partial charge < -0.3 is 10.6 Å². The lowest BCUT2D eigenvalue weighted by Gasteiger charge is -2.16. The average Bonchev–Trinajstić information content (AvgIpc) is 2.48. The summed E-state index contributed by atoms with van der Waals surface area (Å²) in [5.74, 6) is 2.59. The first-order valence-corrected chi connectivity index (χ1v) is 7.51. The molecule has 21 heavy (non-hydrogen) atoms. The third-order valence-electron chi connectivity index (χ3n) is 3.15. The van der Waals surface area contributed by atoms with Gasteiger partial charge in [0.1, 0.15) is 17.5 Å². The zero-order chi connectivity index (χ0) is 15.1. The SMILES string of the molecule is CCCc1nc(NCC)cc(NC(C)c2cccnc2)n1. The minimum absolute atomic E-state index is 0.151. The van der Waals surface area contributed by atoms with Crippen LogP contribution in [-0.4, -0.2) is 21.5 Å². The Kier molecular flexibility index (Phi) is 5.49. The van der Waals surface area contributed by atoms with Gasteiger partial charge in [-0.05, 0) is 31.9 Å². The number of nitrogens with zero attached hydrogens (tertiary/aromatic N) is 3. The molecule has 0 fully saturated rings. The topological polar surface area (TPSA) is 62.7 Å². The molecule has 2 rings (SSSR count). The Labute approximate surface area is 126 Å². The molecular formula is C16H23N5. The van der Waals surface area contributed by atoms with Crippen LogP contribution in [0.1, 0.15) is 44.6 Å². The molecule has 0 aliphatic heterocycles. The van der Waals surface area contributed by atoms with Crippen LogP contribution in [0, 0.1) is 0 Å². The number of aryl methyl sites for hydroxylation is 1. The molecule has 0 aliphatic rings. The number of hydrogen-bond donors (Lipinski definition) is 2. The van der Waals surface area contributed by atoms with Crippen molar-refractivity contribution in [3.05, 3.63) is 42.0 Å². The molecular weight excluding hydrogens is 262 g/mol. The summed E-state index contributed by atoms with van der Waals surface area (Å²) in [4.78, 5) is 13.3. The van der Waals surface area contributed by atoms with Gasteiger partial charge in [0.2, 0.25) is 0 Å². The van der Waals surface area contributed by atoms with E-state index in [1.165, 1.54) is 0 Å². The van der Waals surface area contributed by atoms with E-state index in [1.807, 2.05) is 18.3 Å². The van der Waals surface area contributed by atoms with Crippen LogP contribution in [0.5, 0.6) is 0 Å². The molecule has 2 aromatic rings. The van der Waals surface area contributed by atoms with Crippen LogP contribution in [0.15, 0.2) is 30.6 Å². The molecule has 1 atom stereocenters. The summed E-state index contributed by atoms with van der Waals surface area (Å²) in [7, 11) is 0. The van der Waals surface area contributed by atoms with Crippen LogP contribution in [0.2, 0.25) is 0 Å². The molecule has 0 spiro atoms. The van der Waals surface area contributed by atoms with Gasteiger partial charge in [-0.15, -0.1) is 0 Å². The summed E-state index contributed by atoms with van der Waals surface area (Å²) in [6, 6.07) is 6.11. The van der Waals surface area contributed by atoms with E-state index in [0.29, 0.717) is 0 Å². The molecule has 0 amide bonds. The predicted molar refractivity (Wildman–Crippen MR) is 86.5 cm³/mol. The quantitative estimate of drug-likeness (QED) is 0.816. The highest BCUT2D eigenvalue weighted by Gasteiger charge is 2.09. The second-order valence-electron chi connectivity index (χ2n) is 4.99. The third-order valence-corrected chi connectivity index (χ3v) is 3.15. The van der Waals surface area contributed by atoms with Crippen LogP contribution in [-0.2, 0) is 6.42 Å². The maximum atomic E-state index is 4.59. The molecule has 112 valence electrons. The Morgan fingerprint density at radius 1 is 1.19 bits per heavy atom. The minimum atomic E-state index is 0.151. The molecule has 0 bridgehead atoms. The van der Waals surface area contributed by atoms with Crippen LogP contribution in [0.4, 0.5) is 11.6 Å². The fourth-order valence-corrected chi connectivity index (χ4v) is 2.12. The highest BCUT2D eigenvalue weighted by atomic mass is 15.1. The number of rotatable bonds is 7. The zero-order valence-corrected chi connectivity index (χ0v) is 12.9. The summed E-state index contributed by atoms with van der Waals surface area (Å²) in [5, 5.41) is 6.68. The molecule has 0 saturated heterocycles. The maximum absolute atomic E-state index is 4.59. The van der Waals surface area contributed by atoms with Crippen LogP contribution >= 0.6 is 0 Å². The average molecular weight is 285 g/mol.